The first-order valence-electron chi connectivity index (χ1n) is 6.22. The molecule has 1 atom stereocenters. The Morgan fingerprint density at radius 2 is 1.81 bits per heavy atom. The number of ether oxygens (including phenoxy) is 1. The average molecular weight is 325 g/mol. The van der Waals surface area contributed by atoms with Crippen LogP contribution >= 0.6 is 23.2 Å². The highest BCUT2D eigenvalue weighted by Gasteiger charge is 2.24. The molecular formula is C15H14Cl2N2O2. The fourth-order valence-electron chi connectivity index (χ4n) is 1.77. The molecule has 0 N–H and O–H groups in total. The van der Waals surface area contributed by atoms with Crippen molar-refractivity contribution < 1.29 is 9.53 Å². The highest BCUT2D eigenvalue weighted by Crippen LogP contribution is 2.34. The Kier molecular flexibility index (Phi) is 5.04. The van der Waals surface area contributed by atoms with Gasteiger partial charge < -0.3 is 9.64 Å². The summed E-state index contributed by atoms with van der Waals surface area (Å²) in [5.74, 6) is 0. The van der Waals surface area contributed by atoms with Crippen molar-refractivity contribution in [2.45, 2.75) is 6.10 Å². The number of carbonyl (C=O) groups is 1. The Balaban J connectivity index is 2.48. The van der Waals surface area contributed by atoms with Gasteiger partial charge in [0.1, 0.15) is 0 Å². The van der Waals surface area contributed by atoms with Crippen molar-refractivity contribution in [3.05, 3.63) is 63.9 Å². The number of pyridine rings is 1. The molecule has 1 amide bonds. The number of benzene rings is 1. The lowest BCUT2D eigenvalue weighted by molar-refractivity contribution is 0.0909. The summed E-state index contributed by atoms with van der Waals surface area (Å²) < 4.78 is 5.52. The standard InChI is InChI=1S/C15H14Cl2N2O2/c1-19(2)15(20)21-14(10-5-3-4-6-12(10)16)11-9-18-8-7-13(11)17/h3-9,14H,1-2H3. The monoisotopic (exact) mass is 324 g/mol. The summed E-state index contributed by atoms with van der Waals surface area (Å²) in [7, 11) is 3.22. The van der Waals surface area contributed by atoms with Crippen LogP contribution in [0.15, 0.2) is 42.7 Å². The van der Waals surface area contributed by atoms with Gasteiger partial charge in [0.2, 0.25) is 0 Å². The maximum absolute atomic E-state index is 11.9. The molecule has 0 saturated carbocycles. The average Bonchev–Trinajstić information content (AvgIpc) is 2.46. The molecule has 1 aromatic heterocycles. The van der Waals surface area contributed by atoms with Crippen LogP contribution in [0.4, 0.5) is 4.79 Å². The summed E-state index contributed by atoms with van der Waals surface area (Å²) >= 11 is 12.4. The van der Waals surface area contributed by atoms with Gasteiger partial charge in [-0.2, -0.15) is 0 Å². The van der Waals surface area contributed by atoms with Gasteiger partial charge >= 0.3 is 6.09 Å². The molecule has 0 radical (unpaired) electrons. The van der Waals surface area contributed by atoms with Gasteiger partial charge in [-0.3, -0.25) is 4.98 Å². The first-order chi connectivity index (χ1) is 10.0. The molecule has 2 rings (SSSR count). The van der Waals surface area contributed by atoms with Gasteiger partial charge in [-0.05, 0) is 12.1 Å². The number of rotatable bonds is 3. The van der Waals surface area contributed by atoms with E-state index in [0.29, 0.717) is 21.2 Å². The lowest BCUT2D eigenvalue weighted by Gasteiger charge is -2.22. The molecule has 1 heterocycles. The number of hydrogen-bond donors (Lipinski definition) is 0. The van der Waals surface area contributed by atoms with E-state index in [1.54, 1.807) is 44.7 Å². The van der Waals surface area contributed by atoms with Crippen molar-refractivity contribution in [1.29, 1.82) is 0 Å². The predicted molar refractivity (Wildman–Crippen MR) is 82.7 cm³/mol. The number of nitrogens with zero attached hydrogens (tertiary/aromatic N) is 2. The van der Waals surface area contributed by atoms with E-state index in [9.17, 15) is 4.79 Å². The third-order valence-corrected chi connectivity index (χ3v) is 3.54. The number of halogens is 2. The van der Waals surface area contributed by atoms with Gasteiger partial charge in [0.15, 0.2) is 6.10 Å². The van der Waals surface area contributed by atoms with E-state index >= 15 is 0 Å². The predicted octanol–water partition coefficient (Wildman–Crippen LogP) is 4.18. The van der Waals surface area contributed by atoms with Gasteiger partial charge in [-0.1, -0.05) is 41.4 Å². The summed E-state index contributed by atoms with van der Waals surface area (Å²) in [5.41, 5.74) is 1.24. The van der Waals surface area contributed by atoms with Crippen molar-refractivity contribution in [3.8, 4) is 0 Å². The van der Waals surface area contributed by atoms with Crippen LogP contribution in [-0.4, -0.2) is 30.1 Å². The van der Waals surface area contributed by atoms with E-state index < -0.39 is 12.2 Å². The first-order valence-corrected chi connectivity index (χ1v) is 6.98. The quantitative estimate of drug-likeness (QED) is 0.850. The molecule has 0 saturated heterocycles. The lowest BCUT2D eigenvalue weighted by atomic mass is 10.0. The Morgan fingerprint density at radius 3 is 2.43 bits per heavy atom. The van der Waals surface area contributed by atoms with Crippen molar-refractivity contribution in [1.82, 2.24) is 9.88 Å². The van der Waals surface area contributed by atoms with Crippen molar-refractivity contribution in [2.24, 2.45) is 0 Å². The van der Waals surface area contributed by atoms with Gasteiger partial charge in [-0.25, -0.2) is 4.79 Å². The number of aromatic nitrogens is 1. The normalized spacial score (nSPS) is 11.8. The Hall–Kier alpha value is -1.78. The second-order valence-electron chi connectivity index (χ2n) is 4.58. The zero-order chi connectivity index (χ0) is 15.4. The summed E-state index contributed by atoms with van der Waals surface area (Å²) in [5, 5.41) is 0.954. The topological polar surface area (TPSA) is 42.4 Å². The smallest absolute Gasteiger partial charge is 0.410 e. The van der Waals surface area contributed by atoms with E-state index in [4.69, 9.17) is 27.9 Å². The third-order valence-electron chi connectivity index (χ3n) is 2.85. The zero-order valence-electron chi connectivity index (χ0n) is 11.6. The number of amides is 1. The van der Waals surface area contributed by atoms with Crippen LogP contribution in [0.2, 0.25) is 10.0 Å². The highest BCUT2D eigenvalue weighted by atomic mass is 35.5. The van der Waals surface area contributed by atoms with E-state index in [1.807, 2.05) is 12.1 Å². The molecule has 0 spiro atoms. The summed E-state index contributed by atoms with van der Waals surface area (Å²) in [6.45, 7) is 0. The van der Waals surface area contributed by atoms with E-state index in [-0.39, 0.29) is 0 Å². The largest absolute Gasteiger partial charge is 0.436 e. The van der Waals surface area contributed by atoms with Gasteiger partial charge in [-0.15, -0.1) is 0 Å². The summed E-state index contributed by atoms with van der Waals surface area (Å²) in [6.07, 6.45) is 1.94. The highest BCUT2D eigenvalue weighted by molar-refractivity contribution is 6.32. The van der Waals surface area contributed by atoms with E-state index in [0.717, 1.165) is 0 Å². The molecule has 0 aliphatic rings. The van der Waals surface area contributed by atoms with Crippen LogP contribution in [0.3, 0.4) is 0 Å². The zero-order valence-corrected chi connectivity index (χ0v) is 13.1. The Morgan fingerprint density at radius 1 is 1.14 bits per heavy atom. The fraction of sp³-hybridized carbons (Fsp3) is 0.200. The molecule has 0 fully saturated rings. The molecule has 2 aromatic rings. The first kappa shape index (κ1) is 15.6. The molecular weight excluding hydrogens is 311 g/mol. The van der Waals surface area contributed by atoms with Crippen LogP contribution in [-0.2, 0) is 4.74 Å². The maximum atomic E-state index is 11.9. The number of hydrogen-bond acceptors (Lipinski definition) is 3. The SMILES string of the molecule is CN(C)C(=O)OC(c1ccccc1Cl)c1cnccc1Cl. The minimum atomic E-state index is -0.713. The van der Waals surface area contributed by atoms with Crippen molar-refractivity contribution in [3.63, 3.8) is 0 Å². The molecule has 1 aromatic carbocycles. The van der Waals surface area contributed by atoms with Crippen LogP contribution in [0.25, 0.3) is 0 Å². The Bertz CT molecular complexity index is 602. The van der Waals surface area contributed by atoms with Gasteiger partial charge in [0.25, 0.3) is 0 Å². The van der Waals surface area contributed by atoms with Crippen LogP contribution < -0.4 is 0 Å². The molecule has 0 aliphatic heterocycles. The summed E-state index contributed by atoms with van der Waals surface area (Å²) in [6, 6.07) is 8.80. The molecule has 21 heavy (non-hydrogen) atoms. The Labute approximate surface area is 133 Å². The molecule has 0 aliphatic carbocycles. The second kappa shape index (κ2) is 6.78. The van der Waals surface area contributed by atoms with E-state index in [1.165, 1.54) is 4.90 Å². The maximum Gasteiger partial charge on any atom is 0.410 e. The molecule has 1 unspecified atom stereocenters. The van der Waals surface area contributed by atoms with Gasteiger partial charge in [0, 0.05) is 42.6 Å². The van der Waals surface area contributed by atoms with E-state index in [2.05, 4.69) is 4.98 Å². The van der Waals surface area contributed by atoms with Gasteiger partial charge in [0.05, 0.1) is 5.02 Å². The number of carbonyl (C=O) groups excluding carboxylic acids is 1. The minimum Gasteiger partial charge on any atom is -0.436 e. The van der Waals surface area contributed by atoms with Crippen molar-refractivity contribution in [2.75, 3.05) is 14.1 Å². The van der Waals surface area contributed by atoms with Crippen LogP contribution in [0.1, 0.15) is 17.2 Å². The van der Waals surface area contributed by atoms with Crippen LogP contribution in [0.5, 0.6) is 0 Å². The van der Waals surface area contributed by atoms with Crippen LogP contribution in [0, 0.1) is 0 Å². The second-order valence-corrected chi connectivity index (χ2v) is 5.39. The minimum absolute atomic E-state index is 0.460. The molecule has 110 valence electrons. The molecule has 4 nitrogen and oxygen atoms in total. The fourth-order valence-corrected chi connectivity index (χ4v) is 2.21. The van der Waals surface area contributed by atoms with Crippen molar-refractivity contribution >= 4 is 29.3 Å². The third kappa shape index (κ3) is 3.65. The molecule has 6 heteroatoms. The summed E-state index contributed by atoms with van der Waals surface area (Å²) in [4.78, 5) is 17.3. The molecule has 0 bridgehead atoms. The lowest BCUT2D eigenvalue weighted by Crippen LogP contribution is -2.25.